The van der Waals surface area contributed by atoms with Crippen molar-refractivity contribution in [1.29, 1.82) is 0 Å². The molecule has 0 saturated carbocycles. The Morgan fingerprint density at radius 1 is 1.11 bits per heavy atom. The highest BCUT2D eigenvalue weighted by Crippen LogP contribution is 2.61. The van der Waals surface area contributed by atoms with Gasteiger partial charge in [0.1, 0.15) is 23.4 Å². The molecule has 148 valence electrons. The van der Waals surface area contributed by atoms with E-state index in [2.05, 4.69) is 4.85 Å². The van der Waals surface area contributed by atoms with E-state index >= 15 is 0 Å². The fourth-order valence-electron chi connectivity index (χ4n) is 4.78. The van der Waals surface area contributed by atoms with E-state index < -0.39 is 64.5 Å². The number of benzene rings is 1. The Bertz CT molecular complexity index is 920. The van der Waals surface area contributed by atoms with Crippen LogP contribution in [0.4, 0.5) is 24.5 Å². The second-order valence-electron chi connectivity index (χ2n) is 7.64. The van der Waals surface area contributed by atoms with E-state index in [1.54, 1.807) is 0 Å². The van der Waals surface area contributed by atoms with Crippen LogP contribution >= 0.6 is 0 Å². The van der Waals surface area contributed by atoms with Crippen LogP contribution in [-0.2, 0) is 20.5 Å². The number of ether oxygens (including phenoxy) is 1. The zero-order valence-electron chi connectivity index (χ0n) is 14.7. The topological polar surface area (TPSA) is 91.4 Å². The molecule has 0 spiro atoms. The number of hydrogen-bond acceptors (Lipinski definition) is 5. The lowest BCUT2D eigenvalue weighted by Gasteiger charge is -2.35. The van der Waals surface area contributed by atoms with E-state index in [1.807, 2.05) is 0 Å². The molecule has 0 aliphatic carbocycles. The van der Waals surface area contributed by atoms with Gasteiger partial charge in [-0.25, -0.2) is 9.74 Å². The average molecular weight is 396 g/mol. The van der Waals surface area contributed by atoms with E-state index in [4.69, 9.17) is 11.3 Å². The van der Waals surface area contributed by atoms with Crippen LogP contribution in [-0.4, -0.2) is 45.4 Å². The molecule has 10 heteroatoms. The third-order valence-electron chi connectivity index (χ3n) is 6.12. The summed E-state index contributed by atoms with van der Waals surface area (Å²) in [6, 6.07) is 2.59. The smallest absolute Gasteiger partial charge is 0.387 e. The molecule has 1 aromatic carbocycles. The third-order valence-corrected chi connectivity index (χ3v) is 6.12. The Morgan fingerprint density at radius 3 is 2.04 bits per heavy atom. The zero-order chi connectivity index (χ0) is 20.8. The molecule has 0 radical (unpaired) electrons. The summed E-state index contributed by atoms with van der Waals surface area (Å²) in [5.41, 5.74) is -5.30. The highest BCUT2D eigenvalue weighted by Gasteiger charge is 2.79. The number of aliphatic hydroxyl groups excluding tert-OH is 2. The first-order chi connectivity index (χ1) is 12.9. The number of carbonyl (C=O) groups excluding carboxylic acids is 2. The van der Waals surface area contributed by atoms with Crippen molar-refractivity contribution < 1.29 is 37.7 Å². The van der Waals surface area contributed by atoms with Gasteiger partial charge in [0, 0.05) is 5.69 Å². The summed E-state index contributed by atoms with van der Waals surface area (Å²) in [5, 5.41) is 20.6. The lowest BCUT2D eigenvalue weighted by Crippen LogP contribution is -2.57. The Balaban J connectivity index is 1.82. The number of rotatable bonds is 1. The molecule has 4 rings (SSSR count). The van der Waals surface area contributed by atoms with Crippen molar-refractivity contribution in [2.45, 2.75) is 43.4 Å². The van der Waals surface area contributed by atoms with Crippen LogP contribution in [0.2, 0.25) is 0 Å². The van der Waals surface area contributed by atoms with Gasteiger partial charge in [0.15, 0.2) is 5.69 Å². The lowest BCUT2D eigenvalue weighted by atomic mass is 9.66. The third kappa shape index (κ3) is 2.04. The quantitative estimate of drug-likeness (QED) is 0.556. The summed E-state index contributed by atoms with van der Waals surface area (Å²) >= 11 is 0. The number of anilines is 1. The number of fused-ring (bicyclic) bond motifs is 5. The maximum Gasteiger partial charge on any atom is 0.407 e. The van der Waals surface area contributed by atoms with Crippen molar-refractivity contribution in [2.75, 3.05) is 4.90 Å². The summed E-state index contributed by atoms with van der Waals surface area (Å²) in [6.45, 7) is 9.68. The largest absolute Gasteiger partial charge is 0.407 e. The molecular formula is C18H15F3N2O5. The molecule has 6 atom stereocenters. The summed E-state index contributed by atoms with van der Waals surface area (Å²) < 4.78 is 45.5. The highest BCUT2D eigenvalue weighted by molar-refractivity contribution is 6.23. The minimum absolute atomic E-state index is 0.320. The second kappa shape index (κ2) is 5.31. The molecule has 0 aromatic heterocycles. The van der Waals surface area contributed by atoms with Gasteiger partial charge in [-0.05, 0) is 26.0 Å². The van der Waals surface area contributed by atoms with Gasteiger partial charge in [-0.1, -0.05) is 6.07 Å². The minimum atomic E-state index is -4.84. The molecule has 3 saturated heterocycles. The van der Waals surface area contributed by atoms with E-state index in [9.17, 15) is 33.0 Å². The number of alkyl halides is 3. The van der Waals surface area contributed by atoms with Crippen molar-refractivity contribution in [2.24, 2.45) is 11.8 Å². The van der Waals surface area contributed by atoms with Crippen LogP contribution in [0, 0.1) is 18.4 Å². The summed E-state index contributed by atoms with van der Waals surface area (Å²) in [7, 11) is 0. The maximum absolute atomic E-state index is 13.3. The molecule has 1 aromatic rings. The van der Waals surface area contributed by atoms with Crippen LogP contribution in [0.25, 0.3) is 4.85 Å². The van der Waals surface area contributed by atoms with Crippen LogP contribution < -0.4 is 4.90 Å². The molecule has 2 bridgehead atoms. The molecule has 3 aliphatic rings. The fourth-order valence-corrected chi connectivity index (χ4v) is 4.78. The van der Waals surface area contributed by atoms with Crippen molar-refractivity contribution >= 4 is 23.2 Å². The van der Waals surface area contributed by atoms with Gasteiger partial charge in [-0.15, -0.1) is 0 Å². The number of hydrogen-bond donors (Lipinski definition) is 2. The van der Waals surface area contributed by atoms with Gasteiger partial charge in [-0.2, -0.15) is 13.2 Å². The molecule has 2 N–H and O–H groups in total. The van der Waals surface area contributed by atoms with Gasteiger partial charge in [-0.3, -0.25) is 9.59 Å². The molecule has 2 amide bonds. The molecule has 3 fully saturated rings. The van der Waals surface area contributed by atoms with Gasteiger partial charge < -0.3 is 14.9 Å². The molecule has 2 unspecified atom stereocenters. The predicted octanol–water partition coefficient (Wildman–Crippen LogP) is 1.64. The van der Waals surface area contributed by atoms with E-state index in [-0.39, 0.29) is 5.69 Å². The van der Waals surface area contributed by atoms with Gasteiger partial charge in [0.25, 0.3) is 0 Å². The summed E-state index contributed by atoms with van der Waals surface area (Å²) in [5.74, 6) is -3.90. The second-order valence-corrected chi connectivity index (χ2v) is 7.64. The Labute approximate surface area is 157 Å². The monoisotopic (exact) mass is 396 g/mol. The fraction of sp³-hybridized carbons (Fsp3) is 0.500. The van der Waals surface area contributed by atoms with E-state index in [0.717, 1.165) is 12.1 Å². The summed E-state index contributed by atoms with van der Waals surface area (Å²) in [6.07, 6.45) is -7.69. The number of nitrogens with zero attached hydrogens (tertiary/aromatic N) is 2. The average Bonchev–Trinajstić information content (AvgIpc) is 3.10. The lowest BCUT2D eigenvalue weighted by molar-refractivity contribution is -0.137. The van der Waals surface area contributed by atoms with Crippen LogP contribution in [0.5, 0.6) is 0 Å². The van der Waals surface area contributed by atoms with Crippen molar-refractivity contribution in [3.8, 4) is 0 Å². The first-order valence-electron chi connectivity index (χ1n) is 8.40. The standard InChI is InChI=1S/C18H15F3N2O5/c1-16-10-11(17(2,28-16)13(25)12(16)24)15(27)23(14(10)26)7-4-5-9(22-3)8(6-7)18(19,20)21/h4-6,10-13,24-25H,1-2H3/t10-,11+,12+,13-,16?,17?. The molecule has 3 aliphatic heterocycles. The first kappa shape index (κ1) is 18.9. The maximum atomic E-state index is 13.3. The first-order valence-corrected chi connectivity index (χ1v) is 8.40. The minimum Gasteiger partial charge on any atom is -0.387 e. The SMILES string of the molecule is [C-]#[N+]c1ccc(N2C(=O)[C@@H]3[C@H](C2=O)C2(C)OC3(C)[C@H](O)[C@@H]2O)cc1C(F)(F)F. The normalized spacial score (nSPS) is 39.4. The highest BCUT2D eigenvalue weighted by atomic mass is 19.4. The van der Waals surface area contributed by atoms with Gasteiger partial charge in [0.05, 0.1) is 24.0 Å². The Kier molecular flexibility index (Phi) is 3.58. The number of halogens is 3. The van der Waals surface area contributed by atoms with Crippen molar-refractivity contribution in [1.82, 2.24) is 0 Å². The number of aliphatic hydroxyl groups is 2. The summed E-state index contributed by atoms with van der Waals surface area (Å²) in [4.78, 5) is 29.4. The van der Waals surface area contributed by atoms with Crippen LogP contribution in [0.15, 0.2) is 18.2 Å². The van der Waals surface area contributed by atoms with E-state index in [0.29, 0.717) is 11.0 Å². The van der Waals surface area contributed by atoms with Crippen LogP contribution in [0.3, 0.4) is 0 Å². The number of carbonyl (C=O) groups is 2. The van der Waals surface area contributed by atoms with Gasteiger partial charge in [0.2, 0.25) is 11.8 Å². The van der Waals surface area contributed by atoms with Crippen LogP contribution in [0.1, 0.15) is 19.4 Å². The van der Waals surface area contributed by atoms with E-state index in [1.165, 1.54) is 13.8 Å². The predicted molar refractivity (Wildman–Crippen MR) is 87.1 cm³/mol. The van der Waals surface area contributed by atoms with Crippen molar-refractivity contribution in [3.05, 3.63) is 35.2 Å². The van der Waals surface area contributed by atoms with Gasteiger partial charge >= 0.3 is 6.18 Å². The Hall–Kier alpha value is -2.48. The zero-order valence-corrected chi connectivity index (χ0v) is 14.7. The molecule has 7 nitrogen and oxygen atoms in total. The molecular weight excluding hydrogens is 381 g/mol. The Morgan fingerprint density at radius 2 is 1.61 bits per heavy atom. The number of imide groups is 1. The number of amides is 2. The molecule has 28 heavy (non-hydrogen) atoms. The van der Waals surface area contributed by atoms with Crippen molar-refractivity contribution in [3.63, 3.8) is 0 Å². The molecule has 3 heterocycles.